The highest BCUT2D eigenvalue weighted by atomic mass is 16.2. The Hall–Kier alpha value is -2.79. The first-order valence-corrected chi connectivity index (χ1v) is 10.4. The average molecular weight is 388 g/mol. The second kappa shape index (κ2) is 6.92. The predicted molar refractivity (Wildman–Crippen MR) is 110 cm³/mol. The monoisotopic (exact) mass is 388 g/mol. The van der Waals surface area contributed by atoms with Crippen LogP contribution in [-0.4, -0.2) is 41.1 Å². The molecule has 2 aromatic rings. The van der Waals surface area contributed by atoms with E-state index in [2.05, 4.69) is 11.8 Å². The third-order valence-corrected chi connectivity index (χ3v) is 6.78. The number of imide groups is 1. The number of benzene rings is 2. The molecule has 3 saturated heterocycles. The maximum absolute atomic E-state index is 13.5. The van der Waals surface area contributed by atoms with Crippen LogP contribution in [0.2, 0.25) is 0 Å². The lowest BCUT2D eigenvalue weighted by molar-refractivity contribution is -0.123. The van der Waals surface area contributed by atoms with Gasteiger partial charge in [-0.3, -0.25) is 19.3 Å². The minimum absolute atomic E-state index is 0.0194. The largest absolute Gasteiger partial charge is 0.292 e. The molecular weight excluding hydrogens is 364 g/mol. The molecule has 3 heterocycles. The zero-order chi connectivity index (χ0) is 20.1. The Labute approximate surface area is 170 Å². The maximum atomic E-state index is 13.5. The fraction of sp³-hybridized carbons (Fsp3) is 0.375. The summed E-state index contributed by atoms with van der Waals surface area (Å²) in [6.07, 6.45) is 2.72. The van der Waals surface area contributed by atoms with Gasteiger partial charge in [0.25, 0.3) is 0 Å². The van der Waals surface area contributed by atoms with Gasteiger partial charge in [-0.2, -0.15) is 0 Å². The van der Waals surface area contributed by atoms with Crippen LogP contribution in [0.5, 0.6) is 0 Å². The summed E-state index contributed by atoms with van der Waals surface area (Å²) in [5.74, 6) is -1.44. The molecule has 5 nitrogen and oxygen atoms in total. The molecule has 5 rings (SSSR count). The van der Waals surface area contributed by atoms with Gasteiger partial charge in [0.05, 0.1) is 23.6 Å². The van der Waals surface area contributed by atoms with E-state index in [0.717, 1.165) is 31.4 Å². The summed E-state index contributed by atoms with van der Waals surface area (Å²) in [5, 5.41) is 0. The SMILES string of the molecule is CCc1ccc(N2C(=O)[C@@H]3[C@H](C2=O)[C@H](C(=O)c2ccccc2)N2CCC[C@@H]32)cc1. The number of carbonyl (C=O) groups is 3. The minimum atomic E-state index is -0.591. The third kappa shape index (κ3) is 2.68. The maximum Gasteiger partial charge on any atom is 0.239 e. The van der Waals surface area contributed by atoms with E-state index < -0.39 is 17.9 Å². The number of hydrogen-bond acceptors (Lipinski definition) is 4. The van der Waals surface area contributed by atoms with Gasteiger partial charge in [-0.15, -0.1) is 0 Å². The summed E-state index contributed by atoms with van der Waals surface area (Å²) < 4.78 is 0. The fourth-order valence-electron chi connectivity index (χ4n) is 5.42. The molecule has 2 amide bonds. The van der Waals surface area contributed by atoms with Crippen LogP contribution in [0.3, 0.4) is 0 Å². The van der Waals surface area contributed by atoms with Crippen LogP contribution in [0, 0.1) is 11.8 Å². The molecule has 148 valence electrons. The Kier molecular flexibility index (Phi) is 4.36. The number of fused-ring (bicyclic) bond motifs is 3. The summed E-state index contributed by atoms with van der Waals surface area (Å²) in [5.41, 5.74) is 2.38. The van der Waals surface area contributed by atoms with Crippen molar-refractivity contribution in [2.24, 2.45) is 11.8 Å². The van der Waals surface area contributed by atoms with E-state index in [9.17, 15) is 14.4 Å². The molecule has 0 spiro atoms. The smallest absolute Gasteiger partial charge is 0.239 e. The number of nitrogens with zero attached hydrogens (tertiary/aromatic N) is 2. The van der Waals surface area contributed by atoms with Crippen molar-refractivity contribution in [3.05, 3.63) is 65.7 Å². The van der Waals surface area contributed by atoms with Gasteiger partial charge in [0, 0.05) is 11.6 Å². The van der Waals surface area contributed by atoms with Gasteiger partial charge in [0.1, 0.15) is 0 Å². The number of amides is 2. The molecule has 4 atom stereocenters. The van der Waals surface area contributed by atoms with Crippen molar-refractivity contribution in [1.29, 1.82) is 0 Å². The Morgan fingerprint density at radius 1 is 0.966 bits per heavy atom. The normalized spacial score (nSPS) is 28.7. The molecule has 0 saturated carbocycles. The van der Waals surface area contributed by atoms with E-state index in [1.165, 1.54) is 4.90 Å². The van der Waals surface area contributed by atoms with E-state index in [-0.39, 0.29) is 23.6 Å². The van der Waals surface area contributed by atoms with Gasteiger partial charge in [-0.05, 0) is 43.5 Å². The zero-order valence-electron chi connectivity index (χ0n) is 16.5. The number of ketones is 1. The highest BCUT2D eigenvalue weighted by Crippen LogP contribution is 2.48. The first-order chi connectivity index (χ1) is 14.1. The van der Waals surface area contributed by atoms with Crippen molar-refractivity contribution in [2.45, 2.75) is 38.3 Å². The van der Waals surface area contributed by atoms with E-state index in [1.54, 1.807) is 12.1 Å². The highest BCUT2D eigenvalue weighted by molar-refractivity contribution is 6.24. The topological polar surface area (TPSA) is 57.7 Å². The average Bonchev–Trinajstić information content (AvgIpc) is 3.40. The van der Waals surface area contributed by atoms with Crippen LogP contribution < -0.4 is 4.90 Å². The van der Waals surface area contributed by atoms with Crippen molar-refractivity contribution >= 4 is 23.3 Å². The summed E-state index contributed by atoms with van der Waals surface area (Å²) in [4.78, 5) is 43.7. The molecule has 0 bridgehead atoms. The first kappa shape index (κ1) is 18.3. The Morgan fingerprint density at radius 3 is 2.34 bits per heavy atom. The first-order valence-electron chi connectivity index (χ1n) is 10.4. The molecule has 0 aromatic heterocycles. The van der Waals surface area contributed by atoms with E-state index >= 15 is 0 Å². The van der Waals surface area contributed by atoms with Gasteiger partial charge in [-0.25, -0.2) is 4.90 Å². The molecule has 3 aliphatic rings. The summed E-state index contributed by atoms with van der Waals surface area (Å²) in [6.45, 7) is 2.84. The van der Waals surface area contributed by atoms with Crippen molar-refractivity contribution in [1.82, 2.24) is 4.90 Å². The summed E-state index contributed by atoms with van der Waals surface area (Å²) >= 11 is 0. The van der Waals surface area contributed by atoms with Crippen molar-refractivity contribution in [3.63, 3.8) is 0 Å². The van der Waals surface area contributed by atoms with Gasteiger partial charge in [-0.1, -0.05) is 49.4 Å². The van der Waals surface area contributed by atoms with Gasteiger partial charge in [0.2, 0.25) is 11.8 Å². The van der Waals surface area contributed by atoms with Gasteiger partial charge >= 0.3 is 0 Å². The Balaban J connectivity index is 1.53. The quantitative estimate of drug-likeness (QED) is 0.597. The summed E-state index contributed by atoms with van der Waals surface area (Å²) in [6, 6.07) is 16.2. The van der Waals surface area contributed by atoms with Crippen molar-refractivity contribution in [2.75, 3.05) is 11.4 Å². The number of hydrogen-bond donors (Lipinski definition) is 0. The Morgan fingerprint density at radius 2 is 1.66 bits per heavy atom. The van der Waals surface area contributed by atoms with Crippen LogP contribution in [0.25, 0.3) is 0 Å². The van der Waals surface area contributed by atoms with E-state index in [1.807, 2.05) is 42.5 Å². The molecule has 2 aromatic carbocycles. The second-order valence-electron chi connectivity index (χ2n) is 8.21. The lowest BCUT2D eigenvalue weighted by atomic mass is 9.85. The predicted octanol–water partition coefficient (Wildman–Crippen LogP) is 3.08. The number of anilines is 1. The van der Waals surface area contributed by atoms with E-state index in [0.29, 0.717) is 11.3 Å². The minimum Gasteiger partial charge on any atom is -0.292 e. The van der Waals surface area contributed by atoms with E-state index in [4.69, 9.17) is 0 Å². The molecule has 0 radical (unpaired) electrons. The van der Waals surface area contributed by atoms with Crippen LogP contribution >= 0.6 is 0 Å². The lowest BCUT2D eigenvalue weighted by Gasteiger charge is -2.27. The molecule has 3 aliphatic heterocycles. The van der Waals surface area contributed by atoms with Crippen molar-refractivity contribution < 1.29 is 14.4 Å². The zero-order valence-corrected chi connectivity index (χ0v) is 16.5. The molecular formula is C24H24N2O3. The van der Waals surface area contributed by atoms with Crippen LogP contribution in [-0.2, 0) is 16.0 Å². The van der Waals surface area contributed by atoms with Crippen molar-refractivity contribution in [3.8, 4) is 0 Å². The van der Waals surface area contributed by atoms with Crippen LogP contribution in [0.1, 0.15) is 35.7 Å². The molecule has 29 heavy (non-hydrogen) atoms. The van der Waals surface area contributed by atoms with Crippen LogP contribution in [0.4, 0.5) is 5.69 Å². The fourth-order valence-corrected chi connectivity index (χ4v) is 5.42. The third-order valence-electron chi connectivity index (χ3n) is 6.78. The number of rotatable bonds is 4. The van der Waals surface area contributed by atoms with Gasteiger partial charge in [0.15, 0.2) is 5.78 Å². The molecule has 0 unspecified atom stereocenters. The number of aryl methyl sites for hydroxylation is 1. The molecule has 0 aliphatic carbocycles. The second-order valence-corrected chi connectivity index (χ2v) is 8.21. The summed E-state index contributed by atoms with van der Waals surface area (Å²) in [7, 11) is 0. The highest BCUT2D eigenvalue weighted by Gasteiger charge is 2.64. The lowest BCUT2D eigenvalue weighted by Crippen LogP contribution is -2.46. The Bertz CT molecular complexity index is 969. The standard InChI is InChI=1S/C24H24N2O3/c1-2-15-10-12-17(13-11-15)26-23(28)19-18-9-6-14-25(18)21(20(19)24(26)29)22(27)16-7-4-3-5-8-16/h3-5,7-8,10-13,18-21H,2,6,9,14H2,1H3/t18-,19-,20-,21+/m0/s1. The molecule has 5 heteroatoms. The number of carbonyl (C=O) groups excluding carboxylic acids is 3. The molecule has 3 fully saturated rings. The molecule has 0 N–H and O–H groups in total. The number of Topliss-reactive ketones (excluding diaryl/α,β-unsaturated/α-hetero) is 1. The van der Waals surface area contributed by atoms with Gasteiger partial charge < -0.3 is 0 Å². The van der Waals surface area contributed by atoms with Crippen LogP contribution in [0.15, 0.2) is 54.6 Å².